The second-order valence-electron chi connectivity index (χ2n) is 4.88. The summed E-state index contributed by atoms with van der Waals surface area (Å²) >= 11 is 0. The van der Waals surface area contributed by atoms with Crippen LogP contribution in [0.1, 0.15) is 0 Å². The van der Waals surface area contributed by atoms with Crippen LogP contribution in [0.2, 0.25) is 0 Å². The van der Waals surface area contributed by atoms with E-state index >= 15 is 0 Å². The Morgan fingerprint density at radius 1 is 0.857 bits per heavy atom. The molecule has 0 saturated heterocycles. The van der Waals surface area contributed by atoms with Crippen LogP contribution in [-0.2, 0) is 0 Å². The Morgan fingerprint density at radius 3 is 2.48 bits per heavy atom. The molecule has 2 heterocycles. The van der Waals surface area contributed by atoms with Crippen molar-refractivity contribution in [3.8, 4) is 11.3 Å². The second-order valence-corrected chi connectivity index (χ2v) is 4.88. The predicted molar refractivity (Wildman–Crippen MR) is 82.5 cm³/mol. The van der Waals surface area contributed by atoms with Crippen molar-refractivity contribution in [1.29, 1.82) is 0 Å². The molecule has 0 saturated carbocycles. The van der Waals surface area contributed by atoms with Crippen LogP contribution in [0.3, 0.4) is 0 Å². The van der Waals surface area contributed by atoms with Crippen molar-refractivity contribution in [2.75, 3.05) is 5.73 Å². The quantitative estimate of drug-likeness (QED) is 0.428. The molecule has 0 aliphatic heterocycles. The highest BCUT2D eigenvalue weighted by Gasteiger charge is 2.17. The number of nitrogens with zero attached hydrogens (tertiary/aromatic N) is 3. The van der Waals surface area contributed by atoms with E-state index in [-0.39, 0.29) is 0 Å². The Bertz CT molecular complexity index is 949. The fourth-order valence-corrected chi connectivity index (χ4v) is 2.51. The molecule has 0 atom stereocenters. The number of rotatable bonds is 1. The molecular weight excluding hydrogens is 260 g/mol. The van der Waals surface area contributed by atoms with Crippen LogP contribution in [-0.4, -0.2) is 10.1 Å². The zero-order valence-corrected chi connectivity index (χ0v) is 11.3. The second kappa shape index (κ2) is 4.52. The summed E-state index contributed by atoms with van der Waals surface area (Å²) in [6, 6.07) is 20.0. The Kier molecular flexibility index (Phi) is 2.54. The van der Waals surface area contributed by atoms with Gasteiger partial charge in [0.15, 0.2) is 5.69 Å². The summed E-state index contributed by atoms with van der Waals surface area (Å²) in [4.78, 5) is 4.56. The largest absolute Gasteiger partial charge is 0.361 e. The molecule has 4 nitrogen and oxygen atoms in total. The number of nitrogens with two attached hydrogens (primary N) is 1. The number of hydrogen-bond acceptors (Lipinski definition) is 3. The number of pyridine rings is 1. The van der Waals surface area contributed by atoms with Gasteiger partial charge in [0.25, 0.3) is 5.82 Å². The van der Waals surface area contributed by atoms with E-state index in [0.29, 0.717) is 11.5 Å². The normalized spacial score (nSPS) is 11.0. The number of nitrogen functional groups attached to an aromatic ring is 1. The van der Waals surface area contributed by atoms with Crippen LogP contribution >= 0.6 is 0 Å². The topological polar surface area (TPSA) is 55.9 Å². The molecular formula is C17H13N4+. The summed E-state index contributed by atoms with van der Waals surface area (Å²) in [6.07, 6.45) is 1.91. The van der Waals surface area contributed by atoms with Crippen LogP contribution in [0.15, 0.2) is 66.9 Å². The summed E-state index contributed by atoms with van der Waals surface area (Å²) < 4.78 is 1.78. The Labute approximate surface area is 121 Å². The molecule has 0 fully saturated rings. The van der Waals surface area contributed by atoms with Gasteiger partial charge in [-0.2, -0.15) is 0 Å². The van der Waals surface area contributed by atoms with Gasteiger partial charge in [0.2, 0.25) is 0 Å². The lowest BCUT2D eigenvalue weighted by molar-refractivity contribution is -0.580. The molecule has 2 N–H and O–H groups in total. The first-order valence-corrected chi connectivity index (χ1v) is 6.75. The van der Waals surface area contributed by atoms with E-state index in [9.17, 15) is 0 Å². The van der Waals surface area contributed by atoms with Gasteiger partial charge in [0, 0.05) is 5.56 Å². The third-order valence-corrected chi connectivity index (χ3v) is 3.54. The van der Waals surface area contributed by atoms with Gasteiger partial charge in [-0.3, -0.25) is 0 Å². The van der Waals surface area contributed by atoms with E-state index in [1.54, 1.807) is 4.52 Å². The van der Waals surface area contributed by atoms with Gasteiger partial charge >= 0.3 is 5.65 Å². The van der Waals surface area contributed by atoms with Crippen molar-refractivity contribution in [3.63, 3.8) is 0 Å². The lowest BCUT2D eigenvalue weighted by Crippen LogP contribution is -2.29. The number of hydrogen-bond donors (Lipinski definition) is 1. The molecule has 4 rings (SSSR count). The highest BCUT2D eigenvalue weighted by atomic mass is 15.3. The molecule has 0 bridgehead atoms. The number of benzene rings is 2. The van der Waals surface area contributed by atoms with Crippen molar-refractivity contribution >= 4 is 22.2 Å². The monoisotopic (exact) mass is 273 g/mol. The van der Waals surface area contributed by atoms with Gasteiger partial charge in [0.1, 0.15) is 6.20 Å². The minimum atomic E-state index is 0.442. The Hall–Kier alpha value is -3.01. The first kappa shape index (κ1) is 11.8. The smallest absolute Gasteiger partial charge is 0.358 e. The van der Waals surface area contributed by atoms with Gasteiger partial charge in [0.05, 0.1) is 5.39 Å². The maximum atomic E-state index is 6.12. The zero-order chi connectivity index (χ0) is 14.2. The van der Waals surface area contributed by atoms with Gasteiger partial charge in [-0.1, -0.05) is 53.6 Å². The fraction of sp³-hybridized carbons (Fsp3) is 0. The molecule has 0 amide bonds. The maximum Gasteiger partial charge on any atom is 0.358 e. The number of aromatic nitrogens is 3. The van der Waals surface area contributed by atoms with Gasteiger partial charge in [-0.15, -0.1) is 4.52 Å². The average Bonchev–Trinajstić information content (AvgIpc) is 2.55. The first-order chi connectivity index (χ1) is 10.3. The molecule has 0 radical (unpaired) electrons. The maximum absolute atomic E-state index is 6.12. The Morgan fingerprint density at radius 2 is 1.62 bits per heavy atom. The molecule has 0 aliphatic carbocycles. The highest BCUT2D eigenvalue weighted by molar-refractivity contribution is 5.92. The minimum Gasteiger partial charge on any atom is -0.361 e. The van der Waals surface area contributed by atoms with E-state index < -0.39 is 0 Å². The number of fused-ring (bicyclic) bond motifs is 3. The van der Waals surface area contributed by atoms with Crippen LogP contribution in [0.5, 0.6) is 0 Å². The standard InChI is InChI=1S/C17H12N4/c18-16-15(13-7-2-1-3-8-13)20-21-11-10-12-6-4-5-9-14(12)17(21)19-16/h1-11,18H/p+1. The van der Waals surface area contributed by atoms with E-state index in [2.05, 4.69) is 16.1 Å². The van der Waals surface area contributed by atoms with E-state index in [1.807, 2.05) is 60.8 Å². The van der Waals surface area contributed by atoms with Crippen molar-refractivity contribution in [2.24, 2.45) is 0 Å². The van der Waals surface area contributed by atoms with E-state index in [4.69, 9.17) is 5.73 Å². The summed E-state index contributed by atoms with van der Waals surface area (Å²) in [5.74, 6) is 0.442. The van der Waals surface area contributed by atoms with Crippen LogP contribution < -0.4 is 10.2 Å². The molecule has 0 aliphatic rings. The van der Waals surface area contributed by atoms with Gasteiger partial charge in [-0.25, -0.2) is 0 Å². The summed E-state index contributed by atoms with van der Waals surface area (Å²) in [7, 11) is 0. The third kappa shape index (κ3) is 1.89. The van der Waals surface area contributed by atoms with Crippen LogP contribution in [0.25, 0.3) is 27.7 Å². The van der Waals surface area contributed by atoms with E-state index in [0.717, 1.165) is 22.0 Å². The molecule has 2 aromatic heterocycles. The molecule has 2 aromatic carbocycles. The predicted octanol–water partition coefficient (Wildman–Crippen LogP) is 2.62. The van der Waals surface area contributed by atoms with E-state index in [1.165, 1.54) is 0 Å². The minimum absolute atomic E-state index is 0.442. The molecule has 0 spiro atoms. The molecule has 21 heavy (non-hydrogen) atoms. The first-order valence-electron chi connectivity index (χ1n) is 6.75. The average molecular weight is 273 g/mol. The molecule has 4 heteroatoms. The van der Waals surface area contributed by atoms with Crippen molar-refractivity contribution in [3.05, 3.63) is 66.9 Å². The van der Waals surface area contributed by atoms with Crippen LogP contribution in [0.4, 0.5) is 5.82 Å². The van der Waals surface area contributed by atoms with Crippen molar-refractivity contribution < 1.29 is 4.52 Å². The summed E-state index contributed by atoms with van der Waals surface area (Å²) in [5.41, 5.74) is 8.55. The summed E-state index contributed by atoms with van der Waals surface area (Å²) in [6.45, 7) is 0. The van der Waals surface area contributed by atoms with Gasteiger partial charge < -0.3 is 5.73 Å². The fourth-order valence-electron chi connectivity index (χ4n) is 2.51. The molecule has 0 unspecified atom stereocenters. The molecule has 100 valence electrons. The lowest BCUT2D eigenvalue weighted by atomic mass is 10.1. The third-order valence-electron chi connectivity index (χ3n) is 3.54. The Balaban J connectivity index is 2.05. The number of anilines is 1. The van der Waals surface area contributed by atoms with Crippen molar-refractivity contribution in [1.82, 2.24) is 10.1 Å². The zero-order valence-electron chi connectivity index (χ0n) is 11.3. The highest BCUT2D eigenvalue weighted by Crippen LogP contribution is 2.22. The molecule has 4 aromatic rings. The van der Waals surface area contributed by atoms with Gasteiger partial charge in [-0.05, 0) is 22.5 Å². The van der Waals surface area contributed by atoms with Crippen LogP contribution in [0, 0.1) is 0 Å². The summed E-state index contributed by atoms with van der Waals surface area (Å²) in [5, 5.41) is 6.79. The SMILES string of the molecule is Nc1nc2c3ccccc3cc[n+]2nc1-c1ccccc1. The lowest BCUT2D eigenvalue weighted by Gasteiger charge is -2.02. The van der Waals surface area contributed by atoms with Crippen molar-refractivity contribution in [2.45, 2.75) is 0 Å².